The molecule has 0 amide bonds. The molecule has 2 aromatic rings. The van der Waals surface area contributed by atoms with Gasteiger partial charge in [-0.2, -0.15) is 0 Å². The van der Waals surface area contributed by atoms with Gasteiger partial charge in [-0.15, -0.1) is 0 Å². The molecule has 0 radical (unpaired) electrons. The Kier molecular flexibility index (Phi) is 6.15. The summed E-state index contributed by atoms with van der Waals surface area (Å²) in [5.41, 5.74) is 4.77. The highest BCUT2D eigenvalue weighted by molar-refractivity contribution is 5.89. The zero-order chi connectivity index (χ0) is 17.5. The molecule has 0 aliphatic carbocycles. The lowest BCUT2D eigenvalue weighted by molar-refractivity contribution is 0.0501. The third kappa shape index (κ3) is 4.46. The van der Waals surface area contributed by atoms with E-state index in [0.29, 0.717) is 5.56 Å². The van der Waals surface area contributed by atoms with Crippen LogP contribution in [0.15, 0.2) is 36.4 Å². The second-order valence-electron chi connectivity index (χ2n) is 5.48. The van der Waals surface area contributed by atoms with Crippen LogP contribution >= 0.6 is 0 Å². The Morgan fingerprint density at radius 1 is 0.958 bits per heavy atom. The molecule has 0 atom stereocenters. The SMILES string of the molecule is COCOc1c(C)cc(/C=C/c2ccc(C(=O)OC)cc2)cc1C. The summed E-state index contributed by atoms with van der Waals surface area (Å²) in [6, 6.07) is 11.4. The van der Waals surface area contributed by atoms with Crippen LogP contribution in [0, 0.1) is 13.8 Å². The second kappa shape index (κ2) is 8.31. The Labute approximate surface area is 142 Å². The third-order valence-electron chi connectivity index (χ3n) is 3.60. The molecule has 0 aliphatic rings. The molecular formula is C20H22O4. The van der Waals surface area contributed by atoms with Crippen LogP contribution in [0.2, 0.25) is 0 Å². The van der Waals surface area contributed by atoms with Crippen molar-refractivity contribution in [3.63, 3.8) is 0 Å². The van der Waals surface area contributed by atoms with Crippen LogP contribution in [0.3, 0.4) is 0 Å². The van der Waals surface area contributed by atoms with Gasteiger partial charge in [-0.1, -0.05) is 24.3 Å². The van der Waals surface area contributed by atoms with Crippen molar-refractivity contribution in [3.8, 4) is 5.75 Å². The van der Waals surface area contributed by atoms with Crippen molar-refractivity contribution in [2.45, 2.75) is 13.8 Å². The fourth-order valence-corrected chi connectivity index (χ4v) is 2.47. The highest BCUT2D eigenvalue weighted by Crippen LogP contribution is 2.25. The van der Waals surface area contributed by atoms with Gasteiger partial charge in [0.25, 0.3) is 0 Å². The summed E-state index contributed by atoms with van der Waals surface area (Å²) < 4.78 is 15.2. The van der Waals surface area contributed by atoms with E-state index in [-0.39, 0.29) is 12.8 Å². The predicted molar refractivity (Wildman–Crippen MR) is 95.1 cm³/mol. The zero-order valence-corrected chi connectivity index (χ0v) is 14.5. The van der Waals surface area contributed by atoms with Gasteiger partial charge in [0.15, 0.2) is 6.79 Å². The standard InChI is InChI=1S/C20H22O4/c1-14-11-17(12-15(2)19(14)24-13-22-3)6-5-16-7-9-18(10-8-16)20(21)23-4/h5-12H,13H2,1-4H3/b6-5+. The van der Waals surface area contributed by atoms with Crippen molar-refractivity contribution in [1.82, 2.24) is 0 Å². The number of carbonyl (C=O) groups excluding carboxylic acids is 1. The molecule has 0 saturated heterocycles. The van der Waals surface area contributed by atoms with E-state index in [2.05, 4.69) is 12.1 Å². The van der Waals surface area contributed by atoms with Gasteiger partial charge in [-0.05, 0) is 60.4 Å². The average Bonchev–Trinajstić information content (AvgIpc) is 2.59. The summed E-state index contributed by atoms with van der Waals surface area (Å²) in [7, 11) is 2.98. The molecule has 2 rings (SSSR count). The van der Waals surface area contributed by atoms with Gasteiger partial charge in [-0.3, -0.25) is 0 Å². The maximum atomic E-state index is 11.4. The zero-order valence-electron chi connectivity index (χ0n) is 14.5. The van der Waals surface area contributed by atoms with E-state index < -0.39 is 0 Å². The van der Waals surface area contributed by atoms with Gasteiger partial charge in [0.2, 0.25) is 0 Å². The topological polar surface area (TPSA) is 44.8 Å². The van der Waals surface area contributed by atoms with Crippen LogP contribution in [-0.2, 0) is 9.47 Å². The van der Waals surface area contributed by atoms with Crippen LogP contribution in [-0.4, -0.2) is 27.0 Å². The molecule has 0 N–H and O–H groups in total. The molecule has 0 spiro atoms. The summed E-state index contributed by atoms with van der Waals surface area (Å²) in [5, 5.41) is 0. The summed E-state index contributed by atoms with van der Waals surface area (Å²) in [6.07, 6.45) is 4.04. The molecule has 2 aromatic carbocycles. The molecule has 0 bridgehead atoms. The largest absolute Gasteiger partial charge is 0.467 e. The number of hydrogen-bond acceptors (Lipinski definition) is 4. The van der Waals surface area contributed by atoms with Crippen molar-refractivity contribution in [2.24, 2.45) is 0 Å². The Morgan fingerprint density at radius 2 is 1.54 bits per heavy atom. The number of esters is 1. The lowest BCUT2D eigenvalue weighted by Gasteiger charge is -2.12. The molecule has 0 aliphatic heterocycles. The normalized spacial score (nSPS) is 10.8. The van der Waals surface area contributed by atoms with Crippen molar-refractivity contribution in [2.75, 3.05) is 21.0 Å². The van der Waals surface area contributed by atoms with Gasteiger partial charge >= 0.3 is 5.97 Å². The predicted octanol–water partition coefficient (Wildman–Crippen LogP) is 4.24. The Morgan fingerprint density at radius 3 is 2.08 bits per heavy atom. The first kappa shape index (κ1) is 17.8. The number of methoxy groups -OCH3 is 2. The number of benzene rings is 2. The minimum atomic E-state index is -0.330. The van der Waals surface area contributed by atoms with E-state index in [1.807, 2.05) is 38.1 Å². The summed E-state index contributed by atoms with van der Waals surface area (Å²) in [5.74, 6) is 0.528. The van der Waals surface area contributed by atoms with Gasteiger partial charge < -0.3 is 14.2 Å². The molecule has 0 heterocycles. The summed E-state index contributed by atoms with van der Waals surface area (Å²) in [4.78, 5) is 11.4. The monoisotopic (exact) mass is 326 g/mol. The first-order valence-electron chi connectivity index (χ1n) is 7.64. The second-order valence-corrected chi connectivity index (χ2v) is 5.48. The number of rotatable bonds is 6. The summed E-state index contributed by atoms with van der Waals surface area (Å²) in [6.45, 7) is 4.27. The minimum Gasteiger partial charge on any atom is -0.467 e. The van der Waals surface area contributed by atoms with Crippen LogP contribution in [0.1, 0.15) is 32.6 Å². The quantitative estimate of drug-likeness (QED) is 0.452. The molecule has 4 heteroatoms. The minimum absolute atomic E-state index is 0.239. The average molecular weight is 326 g/mol. The van der Waals surface area contributed by atoms with Crippen molar-refractivity contribution >= 4 is 18.1 Å². The molecule has 0 saturated carbocycles. The first-order chi connectivity index (χ1) is 11.5. The van der Waals surface area contributed by atoms with Gasteiger partial charge in [-0.25, -0.2) is 4.79 Å². The number of aryl methyl sites for hydroxylation is 2. The molecule has 24 heavy (non-hydrogen) atoms. The van der Waals surface area contributed by atoms with E-state index in [4.69, 9.17) is 14.2 Å². The van der Waals surface area contributed by atoms with Gasteiger partial charge in [0.1, 0.15) is 5.75 Å². The molecular weight excluding hydrogens is 304 g/mol. The van der Waals surface area contributed by atoms with Crippen LogP contribution in [0.25, 0.3) is 12.2 Å². The lowest BCUT2D eigenvalue weighted by Crippen LogP contribution is -2.02. The van der Waals surface area contributed by atoms with E-state index in [1.54, 1.807) is 19.2 Å². The third-order valence-corrected chi connectivity index (χ3v) is 3.60. The first-order valence-corrected chi connectivity index (χ1v) is 7.64. The maximum absolute atomic E-state index is 11.4. The van der Waals surface area contributed by atoms with Crippen LogP contribution < -0.4 is 4.74 Å². The van der Waals surface area contributed by atoms with E-state index >= 15 is 0 Å². The van der Waals surface area contributed by atoms with Crippen molar-refractivity contribution in [3.05, 3.63) is 64.2 Å². The number of carbonyl (C=O) groups is 1. The molecule has 0 unspecified atom stereocenters. The summed E-state index contributed by atoms with van der Waals surface area (Å²) >= 11 is 0. The fourth-order valence-electron chi connectivity index (χ4n) is 2.47. The highest BCUT2D eigenvalue weighted by atomic mass is 16.7. The highest BCUT2D eigenvalue weighted by Gasteiger charge is 2.06. The smallest absolute Gasteiger partial charge is 0.337 e. The maximum Gasteiger partial charge on any atom is 0.337 e. The lowest BCUT2D eigenvalue weighted by atomic mass is 10.0. The number of ether oxygens (including phenoxy) is 3. The Bertz CT molecular complexity index is 707. The van der Waals surface area contributed by atoms with Crippen LogP contribution in [0.4, 0.5) is 0 Å². The van der Waals surface area contributed by atoms with Crippen molar-refractivity contribution in [1.29, 1.82) is 0 Å². The molecule has 0 fully saturated rings. The number of hydrogen-bond donors (Lipinski definition) is 0. The van der Waals surface area contributed by atoms with Gasteiger partial charge in [0.05, 0.1) is 12.7 Å². The van der Waals surface area contributed by atoms with Crippen LogP contribution in [0.5, 0.6) is 5.75 Å². The molecule has 126 valence electrons. The Balaban J connectivity index is 2.15. The molecule has 0 aromatic heterocycles. The fraction of sp³-hybridized carbons (Fsp3) is 0.250. The molecule has 4 nitrogen and oxygen atoms in total. The Hall–Kier alpha value is -2.59. The van der Waals surface area contributed by atoms with Gasteiger partial charge in [0, 0.05) is 7.11 Å². The van der Waals surface area contributed by atoms with E-state index in [1.165, 1.54) is 7.11 Å². The van der Waals surface area contributed by atoms with E-state index in [9.17, 15) is 4.79 Å². The van der Waals surface area contributed by atoms with E-state index in [0.717, 1.165) is 28.0 Å². The van der Waals surface area contributed by atoms with Crippen molar-refractivity contribution < 1.29 is 19.0 Å².